The van der Waals surface area contributed by atoms with Gasteiger partial charge < -0.3 is 9.64 Å². The zero-order chi connectivity index (χ0) is 24.7. The van der Waals surface area contributed by atoms with Crippen LogP contribution in [0.15, 0.2) is 50.9 Å². The lowest BCUT2D eigenvalue weighted by atomic mass is 10.2. The third kappa shape index (κ3) is 4.49. The Morgan fingerprint density at radius 3 is 2.83 bits per heavy atom. The van der Waals surface area contributed by atoms with Crippen LogP contribution in [0.4, 0.5) is 5.69 Å². The number of thiophene rings is 1. The molecule has 5 rings (SSSR count). The summed E-state index contributed by atoms with van der Waals surface area (Å²) in [6.07, 6.45) is 4.05. The number of carbonyl (C=O) groups excluding carboxylic acids is 1. The Kier molecular flexibility index (Phi) is 6.91. The second kappa shape index (κ2) is 9.94. The maximum Gasteiger partial charge on any atom is 0.348 e. The van der Waals surface area contributed by atoms with E-state index in [1.165, 1.54) is 29.8 Å². The van der Waals surface area contributed by atoms with Gasteiger partial charge in [-0.2, -0.15) is 4.57 Å². The van der Waals surface area contributed by atoms with Gasteiger partial charge in [-0.15, -0.1) is 22.7 Å². The van der Waals surface area contributed by atoms with E-state index in [-0.39, 0.29) is 11.5 Å². The summed E-state index contributed by atoms with van der Waals surface area (Å²) in [5.74, 6) is -0.323. The van der Waals surface area contributed by atoms with Gasteiger partial charge in [-0.25, -0.2) is 4.79 Å². The fourth-order valence-electron chi connectivity index (χ4n) is 3.88. The summed E-state index contributed by atoms with van der Waals surface area (Å²) in [7, 11) is 3.38. The molecule has 0 saturated carbocycles. The van der Waals surface area contributed by atoms with E-state index in [2.05, 4.69) is 15.5 Å². The highest BCUT2D eigenvalue weighted by molar-refractivity contribution is 8.08. The lowest BCUT2D eigenvalue weighted by molar-refractivity contribution is -0.685. The van der Waals surface area contributed by atoms with Gasteiger partial charge in [-0.05, 0) is 36.6 Å². The molecule has 0 N–H and O–H groups in total. The van der Waals surface area contributed by atoms with Crippen LogP contribution in [-0.2, 0) is 17.8 Å². The highest BCUT2D eigenvalue weighted by Crippen LogP contribution is 2.46. The van der Waals surface area contributed by atoms with Crippen LogP contribution in [0.1, 0.15) is 27.2 Å². The summed E-state index contributed by atoms with van der Waals surface area (Å²) in [5.41, 5.74) is 1.96. The van der Waals surface area contributed by atoms with Crippen LogP contribution in [0.5, 0.6) is 0 Å². The molecule has 4 aromatic rings. The van der Waals surface area contributed by atoms with Gasteiger partial charge in [0.15, 0.2) is 12.7 Å². The van der Waals surface area contributed by atoms with Crippen LogP contribution in [0, 0.1) is 0 Å². The first kappa shape index (κ1) is 24.3. The normalized spacial score (nSPS) is 15.1. The molecule has 6 nitrogen and oxygen atoms in total. The summed E-state index contributed by atoms with van der Waals surface area (Å²) < 4.78 is 10.4. The topological polar surface area (TPSA) is 55.4 Å². The average molecular weight is 563 g/mol. The smallest absolute Gasteiger partial charge is 0.348 e. The summed E-state index contributed by atoms with van der Waals surface area (Å²) in [6.45, 7) is 3.10. The Morgan fingerprint density at radius 2 is 2.06 bits per heavy atom. The lowest BCUT2D eigenvalue weighted by Gasteiger charge is -2.12. The van der Waals surface area contributed by atoms with Gasteiger partial charge in [0, 0.05) is 29.1 Å². The van der Waals surface area contributed by atoms with Gasteiger partial charge in [0.25, 0.3) is 10.6 Å². The number of benzene rings is 1. The number of hydrogen-bond acceptors (Lipinski definition) is 8. The number of anilines is 1. The van der Waals surface area contributed by atoms with E-state index in [1.807, 2.05) is 59.8 Å². The minimum absolute atomic E-state index is 0.00548. The van der Waals surface area contributed by atoms with Crippen molar-refractivity contribution in [2.45, 2.75) is 24.9 Å². The monoisotopic (exact) mass is 562 g/mol. The number of rotatable bonds is 5. The van der Waals surface area contributed by atoms with E-state index >= 15 is 0 Å². The maximum atomic E-state index is 13.4. The number of carbonyl (C=O) groups is 1. The summed E-state index contributed by atoms with van der Waals surface area (Å²) in [5, 5.41) is 6.50. The first-order chi connectivity index (χ1) is 16.9. The third-order valence-corrected chi connectivity index (χ3v) is 10.1. The number of ether oxygens (including phenoxy) is 1. The molecule has 0 atom stereocenters. The highest BCUT2D eigenvalue weighted by Gasteiger charge is 2.25. The quantitative estimate of drug-likeness (QED) is 0.272. The van der Waals surface area contributed by atoms with E-state index in [4.69, 9.17) is 16.3 Å². The molecule has 0 bridgehead atoms. The molecule has 3 aromatic heterocycles. The Hall–Kier alpha value is -2.37. The van der Waals surface area contributed by atoms with Crippen LogP contribution >= 0.6 is 57.4 Å². The van der Waals surface area contributed by atoms with Gasteiger partial charge in [0.1, 0.15) is 19.1 Å². The van der Waals surface area contributed by atoms with Crippen molar-refractivity contribution in [3.8, 4) is 0 Å². The second-order valence-corrected chi connectivity index (χ2v) is 12.0. The molecule has 1 aliphatic rings. The predicted octanol–water partition coefficient (Wildman–Crippen LogP) is 3.97. The zero-order valence-electron chi connectivity index (χ0n) is 19.1. The maximum absolute atomic E-state index is 13.4. The van der Waals surface area contributed by atoms with E-state index in [9.17, 15) is 9.59 Å². The van der Waals surface area contributed by atoms with E-state index in [1.54, 1.807) is 23.1 Å². The number of methoxy groups -OCH3 is 1. The SMILES string of the molecule is CCn1c(=O)/c(=C2\Sc3cc(Cl)ccc3N2C)s/c1=C\c1scc[n+]1Cc1ccsc1C(=O)OC. The van der Waals surface area contributed by atoms with Crippen molar-refractivity contribution in [1.29, 1.82) is 0 Å². The molecule has 11 heteroatoms. The van der Waals surface area contributed by atoms with Crippen LogP contribution in [0.3, 0.4) is 0 Å². The number of thioether (sulfide) groups is 1. The Labute approximate surface area is 223 Å². The molecule has 0 aliphatic carbocycles. The molecule has 0 fully saturated rings. The molecule has 180 valence electrons. The summed E-state index contributed by atoms with van der Waals surface area (Å²) in [6, 6.07) is 7.74. The Balaban J connectivity index is 1.58. The second-order valence-electron chi connectivity index (χ2n) is 7.68. The van der Waals surface area contributed by atoms with Crippen molar-refractivity contribution < 1.29 is 14.1 Å². The van der Waals surface area contributed by atoms with Crippen molar-refractivity contribution in [3.05, 3.63) is 81.2 Å². The van der Waals surface area contributed by atoms with Crippen molar-refractivity contribution >= 4 is 80.1 Å². The lowest BCUT2D eigenvalue weighted by Crippen LogP contribution is -2.36. The Bertz CT molecular complexity index is 1620. The largest absolute Gasteiger partial charge is 0.465 e. The highest BCUT2D eigenvalue weighted by atomic mass is 35.5. The third-order valence-electron chi connectivity index (χ3n) is 5.63. The number of fused-ring (bicyclic) bond motifs is 1. The molecule has 1 aromatic carbocycles. The first-order valence-electron chi connectivity index (χ1n) is 10.7. The minimum Gasteiger partial charge on any atom is -0.465 e. The molecule has 0 spiro atoms. The number of hydrogen-bond donors (Lipinski definition) is 0. The number of thiazole rings is 2. The van der Waals surface area contributed by atoms with Gasteiger partial charge in [0.05, 0.1) is 24.3 Å². The Morgan fingerprint density at radius 1 is 1.23 bits per heavy atom. The number of esters is 1. The van der Waals surface area contributed by atoms with Gasteiger partial charge in [-0.1, -0.05) is 34.7 Å². The summed E-state index contributed by atoms with van der Waals surface area (Å²) >= 11 is 12.2. The van der Waals surface area contributed by atoms with Crippen molar-refractivity contribution in [3.63, 3.8) is 0 Å². The van der Waals surface area contributed by atoms with Crippen molar-refractivity contribution in [2.24, 2.45) is 0 Å². The predicted molar refractivity (Wildman–Crippen MR) is 145 cm³/mol. The van der Waals surface area contributed by atoms with E-state index in [0.29, 0.717) is 27.5 Å². The number of nitrogens with zero attached hydrogens (tertiary/aromatic N) is 3. The number of aromatic nitrogens is 2. The minimum atomic E-state index is -0.323. The van der Waals surface area contributed by atoms with Crippen molar-refractivity contribution in [1.82, 2.24) is 4.57 Å². The van der Waals surface area contributed by atoms with Gasteiger partial charge in [-0.3, -0.25) is 9.36 Å². The fourth-order valence-corrected chi connectivity index (χ4v) is 8.30. The molecule has 1 aliphatic heterocycles. The van der Waals surface area contributed by atoms with Crippen LogP contribution in [-0.4, -0.2) is 24.7 Å². The van der Waals surface area contributed by atoms with Gasteiger partial charge in [0.2, 0.25) is 0 Å². The fraction of sp³-hybridized carbons (Fsp3) is 0.208. The van der Waals surface area contributed by atoms with Crippen LogP contribution in [0.2, 0.25) is 5.02 Å². The standard InChI is InChI=1S/C24H21ClN3O3S4/c1-4-28-19(12-18-27(8-10-32-18)13-14-7-9-33-20(14)24(30)31-3)35-21(22(28)29)23-26(2)16-6-5-15(25)11-17(16)34-23/h5-12H,4,13H2,1-3H3/q+1/b23-21+. The molecule has 0 amide bonds. The molecule has 0 saturated heterocycles. The zero-order valence-corrected chi connectivity index (χ0v) is 23.1. The molecular formula is C24H21ClN3O3S4+. The van der Waals surface area contributed by atoms with Gasteiger partial charge >= 0.3 is 5.97 Å². The molecule has 4 heterocycles. The molecular weight excluding hydrogens is 542 g/mol. The number of halogens is 1. The molecule has 0 radical (unpaired) electrons. The van der Waals surface area contributed by atoms with E-state index < -0.39 is 0 Å². The van der Waals surface area contributed by atoms with Crippen molar-refractivity contribution in [2.75, 3.05) is 19.1 Å². The molecule has 0 unspecified atom stereocenters. The van der Waals surface area contributed by atoms with E-state index in [0.717, 1.165) is 30.8 Å². The van der Waals surface area contributed by atoms with Crippen LogP contribution in [0.25, 0.3) is 11.1 Å². The first-order valence-corrected chi connectivity index (χ1v) is 14.5. The van der Waals surface area contributed by atoms with Crippen LogP contribution < -0.4 is 24.2 Å². The average Bonchev–Trinajstić information content (AvgIpc) is 3.61. The summed E-state index contributed by atoms with van der Waals surface area (Å²) in [4.78, 5) is 29.2. The molecule has 35 heavy (non-hydrogen) atoms.